The topological polar surface area (TPSA) is 29.5 Å². The lowest BCUT2D eigenvalue weighted by atomic mass is 9.54. The Morgan fingerprint density at radius 2 is 1.80 bits per heavy atom. The van der Waals surface area contributed by atoms with E-state index in [-0.39, 0.29) is 11.5 Å². The van der Waals surface area contributed by atoms with Gasteiger partial charge in [0.15, 0.2) is 6.29 Å². The third-order valence-corrected chi connectivity index (χ3v) is 5.20. The van der Waals surface area contributed by atoms with E-state index < -0.39 is 6.29 Å². The van der Waals surface area contributed by atoms with Crippen molar-refractivity contribution in [3.05, 3.63) is 0 Å². The lowest BCUT2D eigenvalue weighted by Gasteiger charge is -2.56. The highest BCUT2D eigenvalue weighted by molar-refractivity contribution is 5.00. The largest absolute Gasteiger partial charge is 0.368 e. The van der Waals surface area contributed by atoms with Gasteiger partial charge in [0, 0.05) is 0 Å². The number of ether oxygens (including phenoxy) is 1. The summed E-state index contributed by atoms with van der Waals surface area (Å²) in [5, 5.41) is 9.56. The number of fused-ring (bicyclic) bond motifs is 1. The third-order valence-electron chi connectivity index (χ3n) is 5.20. The highest BCUT2D eigenvalue weighted by Gasteiger charge is 2.52. The van der Waals surface area contributed by atoms with E-state index in [0.717, 1.165) is 19.3 Å². The number of aliphatic hydroxyl groups is 1. The van der Waals surface area contributed by atoms with Gasteiger partial charge in [0.1, 0.15) is 0 Å². The number of hydrogen-bond acceptors (Lipinski definition) is 2. The minimum Gasteiger partial charge on any atom is -0.368 e. The molecule has 2 rings (SSSR count). The maximum absolute atomic E-state index is 9.56. The van der Waals surface area contributed by atoms with Gasteiger partial charge in [-0.1, -0.05) is 27.7 Å². The standard InChI is InChI=1S/C13H24O2/c1-9-12(2,3)7-5-10-13(9,4)8-6-11(14)15-10/h9-11,14H,5-8H2,1-4H3/t9?,10-,11?,13-/m0/s1. The highest BCUT2D eigenvalue weighted by atomic mass is 16.6. The molecule has 0 aromatic rings. The molecule has 2 fully saturated rings. The van der Waals surface area contributed by atoms with Crippen LogP contribution in [0.15, 0.2) is 0 Å². The summed E-state index contributed by atoms with van der Waals surface area (Å²) < 4.78 is 5.71. The van der Waals surface area contributed by atoms with Gasteiger partial charge in [-0.15, -0.1) is 0 Å². The second-order valence-corrected chi connectivity index (χ2v) is 6.37. The van der Waals surface area contributed by atoms with E-state index in [1.54, 1.807) is 0 Å². The first-order valence-electron chi connectivity index (χ1n) is 6.20. The van der Waals surface area contributed by atoms with Crippen molar-refractivity contribution >= 4 is 0 Å². The molecular formula is C13H24O2. The van der Waals surface area contributed by atoms with Gasteiger partial charge < -0.3 is 9.84 Å². The monoisotopic (exact) mass is 212 g/mol. The van der Waals surface area contributed by atoms with E-state index in [4.69, 9.17) is 4.74 Å². The lowest BCUT2D eigenvalue weighted by Crippen LogP contribution is -2.54. The summed E-state index contributed by atoms with van der Waals surface area (Å²) in [7, 11) is 0. The Labute approximate surface area is 93.0 Å². The van der Waals surface area contributed by atoms with Gasteiger partial charge in [-0.3, -0.25) is 0 Å². The number of aliphatic hydroxyl groups excluding tert-OH is 1. The Balaban J connectivity index is 2.22. The Bertz CT molecular complexity index is 249. The predicted octanol–water partition coefficient (Wildman–Crippen LogP) is 2.95. The van der Waals surface area contributed by atoms with E-state index >= 15 is 0 Å². The molecule has 0 aromatic heterocycles. The zero-order valence-corrected chi connectivity index (χ0v) is 10.4. The summed E-state index contributed by atoms with van der Waals surface area (Å²) >= 11 is 0. The molecule has 88 valence electrons. The summed E-state index contributed by atoms with van der Waals surface area (Å²) in [6, 6.07) is 0. The lowest BCUT2D eigenvalue weighted by molar-refractivity contribution is -0.242. The van der Waals surface area contributed by atoms with E-state index in [1.165, 1.54) is 6.42 Å². The van der Waals surface area contributed by atoms with Crippen LogP contribution in [0.25, 0.3) is 0 Å². The normalized spacial score (nSPS) is 49.8. The summed E-state index contributed by atoms with van der Waals surface area (Å²) in [6.07, 6.45) is 3.96. The molecule has 1 saturated heterocycles. The van der Waals surface area contributed by atoms with Gasteiger partial charge in [-0.2, -0.15) is 0 Å². The fourth-order valence-electron chi connectivity index (χ4n) is 3.51. The second kappa shape index (κ2) is 3.46. The first kappa shape index (κ1) is 11.4. The molecule has 1 saturated carbocycles. The van der Waals surface area contributed by atoms with Crippen molar-refractivity contribution < 1.29 is 9.84 Å². The van der Waals surface area contributed by atoms with Gasteiger partial charge in [-0.05, 0) is 42.4 Å². The number of hydrogen-bond donors (Lipinski definition) is 1. The number of rotatable bonds is 0. The van der Waals surface area contributed by atoms with Gasteiger partial charge in [0.05, 0.1) is 6.10 Å². The molecule has 1 aliphatic heterocycles. The minimum atomic E-state index is -0.517. The first-order valence-corrected chi connectivity index (χ1v) is 6.20. The molecule has 1 aliphatic carbocycles. The summed E-state index contributed by atoms with van der Waals surface area (Å²) in [5.41, 5.74) is 0.678. The Kier molecular flexibility index (Phi) is 2.63. The quantitative estimate of drug-likeness (QED) is 0.669. The Morgan fingerprint density at radius 1 is 1.13 bits per heavy atom. The smallest absolute Gasteiger partial charge is 0.154 e. The van der Waals surface area contributed by atoms with Gasteiger partial charge in [-0.25, -0.2) is 0 Å². The van der Waals surface area contributed by atoms with Gasteiger partial charge in [0.2, 0.25) is 0 Å². The first-order chi connectivity index (χ1) is 6.86. The second-order valence-electron chi connectivity index (χ2n) is 6.37. The van der Waals surface area contributed by atoms with Crippen molar-refractivity contribution in [1.29, 1.82) is 0 Å². The SMILES string of the molecule is CC1C(C)(C)CC[C@@H]2OC(O)CC[C@@]12C. The van der Waals surface area contributed by atoms with Gasteiger partial charge >= 0.3 is 0 Å². The molecule has 1 heterocycles. The van der Waals surface area contributed by atoms with Gasteiger partial charge in [0.25, 0.3) is 0 Å². The van der Waals surface area contributed by atoms with Crippen LogP contribution in [0.5, 0.6) is 0 Å². The Morgan fingerprint density at radius 3 is 2.47 bits per heavy atom. The maximum atomic E-state index is 9.56. The minimum absolute atomic E-state index is 0.265. The molecule has 0 aromatic carbocycles. The molecule has 0 amide bonds. The third kappa shape index (κ3) is 1.72. The molecule has 0 bridgehead atoms. The zero-order valence-electron chi connectivity index (χ0n) is 10.4. The molecule has 2 nitrogen and oxygen atoms in total. The Hall–Kier alpha value is -0.0800. The summed E-state index contributed by atoms with van der Waals surface area (Å²) in [5.74, 6) is 0.663. The molecule has 1 N–H and O–H groups in total. The van der Waals surface area contributed by atoms with E-state index in [9.17, 15) is 5.11 Å². The van der Waals surface area contributed by atoms with Crippen molar-refractivity contribution in [1.82, 2.24) is 0 Å². The van der Waals surface area contributed by atoms with Crippen LogP contribution in [-0.2, 0) is 4.74 Å². The van der Waals surface area contributed by atoms with Crippen LogP contribution in [0.4, 0.5) is 0 Å². The molecule has 2 aliphatic rings. The van der Waals surface area contributed by atoms with Crippen LogP contribution in [0.1, 0.15) is 53.4 Å². The van der Waals surface area contributed by atoms with E-state index in [1.807, 2.05) is 0 Å². The van der Waals surface area contributed by atoms with Crippen LogP contribution >= 0.6 is 0 Å². The van der Waals surface area contributed by atoms with Crippen molar-refractivity contribution in [3.8, 4) is 0 Å². The summed E-state index contributed by atoms with van der Waals surface area (Å²) in [6.45, 7) is 9.43. The van der Waals surface area contributed by atoms with E-state index in [2.05, 4.69) is 27.7 Å². The molecule has 2 unspecified atom stereocenters. The summed E-state index contributed by atoms with van der Waals surface area (Å²) in [4.78, 5) is 0. The molecule has 0 radical (unpaired) electrons. The van der Waals surface area contributed by atoms with Crippen LogP contribution in [-0.4, -0.2) is 17.5 Å². The maximum Gasteiger partial charge on any atom is 0.154 e. The predicted molar refractivity (Wildman–Crippen MR) is 60.4 cm³/mol. The zero-order chi connectivity index (χ0) is 11.3. The van der Waals surface area contributed by atoms with E-state index in [0.29, 0.717) is 11.3 Å². The fourth-order valence-corrected chi connectivity index (χ4v) is 3.51. The average molecular weight is 212 g/mol. The van der Waals surface area contributed by atoms with Crippen LogP contribution < -0.4 is 0 Å². The van der Waals surface area contributed by atoms with Crippen LogP contribution in [0.3, 0.4) is 0 Å². The molecule has 0 spiro atoms. The molecular weight excluding hydrogens is 188 g/mol. The van der Waals surface area contributed by atoms with Crippen LogP contribution in [0.2, 0.25) is 0 Å². The van der Waals surface area contributed by atoms with Crippen molar-refractivity contribution in [2.45, 2.75) is 65.8 Å². The molecule has 4 atom stereocenters. The van der Waals surface area contributed by atoms with Crippen molar-refractivity contribution in [3.63, 3.8) is 0 Å². The highest BCUT2D eigenvalue weighted by Crippen LogP contribution is 2.55. The molecule has 2 heteroatoms. The van der Waals surface area contributed by atoms with Crippen molar-refractivity contribution in [2.24, 2.45) is 16.7 Å². The fraction of sp³-hybridized carbons (Fsp3) is 1.00. The van der Waals surface area contributed by atoms with Crippen LogP contribution in [0, 0.1) is 16.7 Å². The van der Waals surface area contributed by atoms with Crippen molar-refractivity contribution in [2.75, 3.05) is 0 Å². The molecule has 15 heavy (non-hydrogen) atoms. The average Bonchev–Trinajstić information content (AvgIpc) is 2.17.